The largest absolute Gasteiger partial charge is 0.462 e. The van der Waals surface area contributed by atoms with Crippen molar-refractivity contribution in [1.82, 2.24) is 5.32 Å². The van der Waals surface area contributed by atoms with Crippen LogP contribution >= 0.6 is 0 Å². The molecule has 3 rings (SSSR count). The fourth-order valence-corrected chi connectivity index (χ4v) is 4.65. The van der Waals surface area contributed by atoms with Crippen molar-refractivity contribution in [3.63, 3.8) is 0 Å². The van der Waals surface area contributed by atoms with Gasteiger partial charge in [-0.05, 0) is 35.8 Å². The Bertz CT molecular complexity index is 625. The molecule has 0 saturated heterocycles. The van der Waals surface area contributed by atoms with E-state index in [9.17, 15) is 9.59 Å². The first-order valence-corrected chi connectivity index (χ1v) is 8.29. The van der Waals surface area contributed by atoms with Crippen LogP contribution in [0.25, 0.3) is 0 Å². The molecule has 2 fully saturated rings. The van der Waals surface area contributed by atoms with Gasteiger partial charge in [0.2, 0.25) is 0 Å². The van der Waals surface area contributed by atoms with E-state index in [-0.39, 0.29) is 40.8 Å². The number of nitrogens with one attached hydrogen (secondary N) is 1. The van der Waals surface area contributed by atoms with Crippen molar-refractivity contribution in [3.05, 3.63) is 35.9 Å². The number of fused-ring (bicyclic) bond motifs is 2. The van der Waals surface area contributed by atoms with E-state index in [1.165, 1.54) is 6.92 Å². The molecule has 2 aliphatic rings. The van der Waals surface area contributed by atoms with E-state index < -0.39 is 0 Å². The van der Waals surface area contributed by atoms with Crippen molar-refractivity contribution >= 4 is 11.9 Å². The second-order valence-electron chi connectivity index (χ2n) is 7.73. The topological polar surface area (TPSA) is 55.4 Å². The van der Waals surface area contributed by atoms with Gasteiger partial charge in [-0.2, -0.15) is 0 Å². The summed E-state index contributed by atoms with van der Waals surface area (Å²) in [7, 11) is 0. The minimum absolute atomic E-state index is 0.0239. The van der Waals surface area contributed by atoms with Crippen LogP contribution in [0.5, 0.6) is 0 Å². The molecule has 2 bridgehead atoms. The van der Waals surface area contributed by atoms with Crippen molar-refractivity contribution in [3.8, 4) is 0 Å². The van der Waals surface area contributed by atoms with Gasteiger partial charge in [-0.25, -0.2) is 0 Å². The van der Waals surface area contributed by atoms with Crippen LogP contribution < -0.4 is 5.32 Å². The average molecular weight is 315 g/mol. The van der Waals surface area contributed by atoms with Crippen molar-refractivity contribution in [2.75, 3.05) is 0 Å². The molecule has 0 unspecified atom stereocenters. The number of carbonyl (C=O) groups is 2. The maximum atomic E-state index is 12.5. The van der Waals surface area contributed by atoms with Crippen molar-refractivity contribution in [2.45, 2.75) is 52.7 Å². The lowest BCUT2D eigenvalue weighted by molar-refractivity contribution is -0.149. The molecule has 2 aliphatic carbocycles. The van der Waals surface area contributed by atoms with Gasteiger partial charge in [-0.15, -0.1) is 0 Å². The molecule has 4 heteroatoms. The average Bonchev–Trinajstić information content (AvgIpc) is 2.78. The molecule has 4 atom stereocenters. The van der Waals surface area contributed by atoms with Gasteiger partial charge in [0.1, 0.15) is 6.10 Å². The van der Waals surface area contributed by atoms with E-state index >= 15 is 0 Å². The van der Waals surface area contributed by atoms with Crippen LogP contribution in [-0.4, -0.2) is 24.0 Å². The molecule has 4 nitrogen and oxygen atoms in total. The maximum Gasteiger partial charge on any atom is 0.302 e. The molecule has 1 aromatic rings. The summed E-state index contributed by atoms with van der Waals surface area (Å²) in [6.07, 6.45) is 1.64. The Hall–Kier alpha value is -1.84. The molecule has 1 aromatic carbocycles. The lowest BCUT2D eigenvalue weighted by atomic mass is 9.69. The second-order valence-corrected chi connectivity index (χ2v) is 7.73. The Morgan fingerprint density at radius 1 is 1.17 bits per heavy atom. The van der Waals surface area contributed by atoms with Gasteiger partial charge in [0.05, 0.1) is 0 Å². The summed E-state index contributed by atoms with van der Waals surface area (Å²) < 4.78 is 5.53. The molecule has 0 aromatic heterocycles. The fourth-order valence-electron chi connectivity index (χ4n) is 4.65. The highest BCUT2D eigenvalue weighted by molar-refractivity contribution is 5.94. The van der Waals surface area contributed by atoms with Gasteiger partial charge in [0.15, 0.2) is 0 Å². The number of esters is 1. The molecular formula is C19H25NO3. The van der Waals surface area contributed by atoms with Crippen LogP contribution in [0.2, 0.25) is 0 Å². The van der Waals surface area contributed by atoms with Crippen LogP contribution in [-0.2, 0) is 9.53 Å². The van der Waals surface area contributed by atoms with Gasteiger partial charge in [-0.1, -0.05) is 39.0 Å². The summed E-state index contributed by atoms with van der Waals surface area (Å²) in [5.74, 6) is 0.0495. The number of hydrogen-bond donors (Lipinski definition) is 1. The number of benzene rings is 1. The van der Waals surface area contributed by atoms with E-state index in [1.54, 1.807) is 0 Å². The Balaban J connectivity index is 1.77. The number of rotatable bonds is 3. The third-order valence-electron chi connectivity index (χ3n) is 6.39. The van der Waals surface area contributed by atoms with E-state index in [2.05, 4.69) is 26.1 Å². The minimum atomic E-state index is -0.216. The van der Waals surface area contributed by atoms with Crippen molar-refractivity contribution in [2.24, 2.45) is 16.7 Å². The lowest BCUT2D eigenvalue weighted by Crippen LogP contribution is -2.48. The zero-order valence-corrected chi connectivity index (χ0v) is 14.3. The summed E-state index contributed by atoms with van der Waals surface area (Å²) in [5, 5.41) is 3.22. The van der Waals surface area contributed by atoms with E-state index in [0.717, 1.165) is 12.8 Å². The van der Waals surface area contributed by atoms with Crippen LogP contribution in [0.4, 0.5) is 0 Å². The molecule has 0 spiro atoms. The first-order chi connectivity index (χ1) is 10.8. The molecule has 124 valence electrons. The van der Waals surface area contributed by atoms with Crippen LogP contribution in [0, 0.1) is 16.7 Å². The molecule has 1 N–H and O–H groups in total. The monoisotopic (exact) mass is 315 g/mol. The normalized spacial score (nSPS) is 34.2. The predicted molar refractivity (Wildman–Crippen MR) is 87.9 cm³/mol. The molecule has 1 amide bonds. The smallest absolute Gasteiger partial charge is 0.302 e. The van der Waals surface area contributed by atoms with E-state index in [4.69, 9.17) is 4.74 Å². The maximum absolute atomic E-state index is 12.5. The highest BCUT2D eigenvalue weighted by atomic mass is 16.5. The van der Waals surface area contributed by atoms with Crippen molar-refractivity contribution < 1.29 is 14.3 Å². The number of ether oxygens (including phenoxy) is 1. The highest BCUT2D eigenvalue weighted by Crippen LogP contribution is 2.66. The van der Waals surface area contributed by atoms with Gasteiger partial charge in [0, 0.05) is 24.4 Å². The summed E-state index contributed by atoms with van der Waals surface area (Å²) >= 11 is 0. The van der Waals surface area contributed by atoms with Crippen LogP contribution in [0.15, 0.2) is 30.3 Å². The van der Waals surface area contributed by atoms with Crippen LogP contribution in [0.3, 0.4) is 0 Å². The van der Waals surface area contributed by atoms with Gasteiger partial charge in [0.25, 0.3) is 5.91 Å². The van der Waals surface area contributed by atoms with Crippen LogP contribution in [0.1, 0.15) is 50.9 Å². The van der Waals surface area contributed by atoms with Crippen molar-refractivity contribution in [1.29, 1.82) is 0 Å². The molecule has 0 heterocycles. The Morgan fingerprint density at radius 2 is 1.83 bits per heavy atom. The zero-order valence-electron chi connectivity index (χ0n) is 14.3. The molecule has 23 heavy (non-hydrogen) atoms. The Morgan fingerprint density at radius 3 is 2.35 bits per heavy atom. The molecule has 0 radical (unpaired) electrons. The first kappa shape index (κ1) is 16.0. The van der Waals surface area contributed by atoms with E-state index in [1.807, 2.05) is 30.3 Å². The SMILES string of the molecule is CC(=O)O[C@@H]1C[C@@]2(C)[C@@H](NC(=O)c3ccccc3)C[C@@H]1C2(C)C. The van der Waals surface area contributed by atoms with Gasteiger partial charge >= 0.3 is 5.97 Å². The first-order valence-electron chi connectivity index (χ1n) is 8.29. The minimum Gasteiger partial charge on any atom is -0.462 e. The third kappa shape index (κ3) is 2.44. The zero-order chi connectivity index (χ0) is 16.8. The summed E-state index contributed by atoms with van der Waals surface area (Å²) in [4.78, 5) is 23.8. The Labute approximate surface area is 137 Å². The standard InChI is InChI=1S/C19H25NO3/c1-12(21)23-15-11-19(4)16(10-14(15)18(19,2)3)20-17(22)13-8-6-5-7-9-13/h5-9,14-16H,10-11H2,1-4H3,(H,20,22)/t14-,15+,16-,19-/m0/s1. The number of amides is 1. The predicted octanol–water partition coefficient (Wildman–Crippen LogP) is 3.17. The molecular weight excluding hydrogens is 290 g/mol. The van der Waals surface area contributed by atoms with Gasteiger partial charge in [-0.3, -0.25) is 9.59 Å². The lowest BCUT2D eigenvalue weighted by Gasteiger charge is -2.39. The number of carbonyl (C=O) groups excluding carboxylic acids is 2. The summed E-state index contributed by atoms with van der Waals surface area (Å²) in [6, 6.07) is 9.43. The molecule has 0 aliphatic heterocycles. The molecule has 2 saturated carbocycles. The van der Waals surface area contributed by atoms with Gasteiger partial charge < -0.3 is 10.1 Å². The Kier molecular flexibility index (Phi) is 3.74. The number of hydrogen-bond acceptors (Lipinski definition) is 3. The highest BCUT2D eigenvalue weighted by Gasteiger charge is 2.66. The summed E-state index contributed by atoms with van der Waals surface area (Å²) in [5.41, 5.74) is 0.650. The quantitative estimate of drug-likeness (QED) is 0.872. The summed E-state index contributed by atoms with van der Waals surface area (Å²) in [6.45, 7) is 8.15. The second kappa shape index (κ2) is 5.36. The fraction of sp³-hybridized carbons (Fsp3) is 0.579. The third-order valence-corrected chi connectivity index (χ3v) is 6.39. The van der Waals surface area contributed by atoms with E-state index in [0.29, 0.717) is 5.56 Å².